The van der Waals surface area contributed by atoms with Crippen molar-refractivity contribution in [3.05, 3.63) is 58.6 Å². The van der Waals surface area contributed by atoms with Gasteiger partial charge in [-0.25, -0.2) is 9.59 Å². The number of hydrogen-bond acceptors (Lipinski definition) is 8. The first kappa shape index (κ1) is 30.5. The Hall–Kier alpha value is -3.73. The lowest BCUT2D eigenvalue weighted by molar-refractivity contribution is -0.193. The summed E-state index contributed by atoms with van der Waals surface area (Å²) < 4.78 is 65.7. The molecule has 0 fully saturated rings. The van der Waals surface area contributed by atoms with Gasteiger partial charge in [-0.2, -0.15) is 37.7 Å². The summed E-state index contributed by atoms with van der Waals surface area (Å²) in [6, 6.07) is 6.13. The summed E-state index contributed by atoms with van der Waals surface area (Å²) in [6.45, 7) is 4.58. The van der Waals surface area contributed by atoms with Crippen molar-refractivity contribution in [1.29, 1.82) is 0 Å². The molecule has 3 N–H and O–H groups in total. The maximum Gasteiger partial charge on any atom is 0.490 e. The Kier molecular flexibility index (Phi) is 11.0. The smallest absolute Gasteiger partial charge is 0.475 e. The van der Waals surface area contributed by atoms with E-state index in [9.17, 15) is 26.3 Å². The van der Waals surface area contributed by atoms with E-state index in [0.717, 1.165) is 49.9 Å². The molecule has 0 amide bonds. The van der Waals surface area contributed by atoms with Gasteiger partial charge >= 0.3 is 24.3 Å². The SMILES string of the molecule is O=C(O)C(F)(F)F.O=C(O)C(F)(F)F.c1cncc(NCc2nnc3n2CCCN(Cc2ccsc2)C3)c1. The second-order valence-electron chi connectivity index (χ2n) is 7.58. The zero-order valence-electron chi connectivity index (χ0n) is 19.4. The molecule has 38 heavy (non-hydrogen) atoms. The number of carboxylic acids is 2. The van der Waals surface area contributed by atoms with E-state index in [1.807, 2.05) is 18.3 Å². The predicted octanol–water partition coefficient (Wildman–Crippen LogP) is 4.02. The number of aliphatic carboxylic acids is 2. The Bertz CT molecular complexity index is 1130. The summed E-state index contributed by atoms with van der Waals surface area (Å²) in [5.41, 5.74) is 2.38. The second kappa shape index (κ2) is 13.7. The molecule has 208 valence electrons. The molecule has 0 aromatic carbocycles. The first-order valence-electron chi connectivity index (χ1n) is 10.7. The monoisotopic (exact) mass is 568 g/mol. The fourth-order valence-electron chi connectivity index (χ4n) is 3.03. The number of nitrogens with one attached hydrogen (secondary N) is 1. The number of alkyl halides is 6. The Morgan fingerprint density at radius 3 is 2.21 bits per heavy atom. The molecule has 0 unspecified atom stereocenters. The molecule has 0 saturated heterocycles. The summed E-state index contributed by atoms with van der Waals surface area (Å²) >= 11 is 1.75. The highest BCUT2D eigenvalue weighted by Crippen LogP contribution is 2.18. The molecular formula is C21H22F6N6O4S. The summed E-state index contributed by atoms with van der Waals surface area (Å²) in [6.07, 6.45) is -5.45. The predicted molar refractivity (Wildman–Crippen MR) is 122 cm³/mol. The molecule has 17 heteroatoms. The minimum absolute atomic E-state index is 0.670. The van der Waals surface area contributed by atoms with Gasteiger partial charge in [-0.1, -0.05) is 0 Å². The number of anilines is 1. The maximum atomic E-state index is 10.6. The van der Waals surface area contributed by atoms with Crippen molar-refractivity contribution < 1.29 is 46.1 Å². The number of hydrogen-bond donors (Lipinski definition) is 3. The summed E-state index contributed by atoms with van der Waals surface area (Å²) in [5, 5.41) is 30.8. The molecule has 10 nitrogen and oxygen atoms in total. The lowest BCUT2D eigenvalue weighted by Gasteiger charge is -2.17. The standard InChI is InChI=1S/C17H20N6S.2C2HF3O2/c1-3-15(9-18-5-1)19-10-16-20-21-17-12-22(6-2-7-23(16)17)11-14-4-8-24-13-14;2*3-2(4,5)1(6)7/h1,3-5,8-9,13,19H,2,6-7,10-12H2;2*(H,6,7). The minimum Gasteiger partial charge on any atom is -0.475 e. The van der Waals surface area contributed by atoms with Crippen molar-refractivity contribution in [3.8, 4) is 0 Å². The Balaban J connectivity index is 0.000000301. The molecule has 3 aromatic rings. The number of halogens is 6. The fourth-order valence-corrected chi connectivity index (χ4v) is 3.69. The highest BCUT2D eigenvalue weighted by Gasteiger charge is 2.38. The number of carboxylic acid groups (broad SMARTS) is 2. The highest BCUT2D eigenvalue weighted by atomic mass is 32.1. The number of rotatable bonds is 5. The molecule has 4 heterocycles. The molecule has 0 radical (unpaired) electrons. The van der Waals surface area contributed by atoms with Crippen molar-refractivity contribution >= 4 is 29.0 Å². The van der Waals surface area contributed by atoms with Gasteiger partial charge in [-0.3, -0.25) is 9.88 Å². The largest absolute Gasteiger partial charge is 0.490 e. The van der Waals surface area contributed by atoms with E-state index >= 15 is 0 Å². The van der Waals surface area contributed by atoms with Gasteiger partial charge in [0.1, 0.15) is 5.82 Å². The van der Waals surface area contributed by atoms with Crippen LogP contribution in [-0.4, -0.2) is 65.7 Å². The normalized spacial score (nSPS) is 13.6. The Labute approximate surface area is 215 Å². The molecule has 0 aliphatic carbocycles. The van der Waals surface area contributed by atoms with Crippen LogP contribution in [0.2, 0.25) is 0 Å². The van der Waals surface area contributed by atoms with E-state index in [-0.39, 0.29) is 0 Å². The fraction of sp³-hybridized carbons (Fsp3) is 0.381. The van der Waals surface area contributed by atoms with E-state index in [1.54, 1.807) is 17.5 Å². The number of carbonyl (C=O) groups is 2. The summed E-state index contributed by atoms with van der Waals surface area (Å²) in [4.78, 5) is 24.4. The topological polar surface area (TPSA) is 133 Å². The highest BCUT2D eigenvalue weighted by molar-refractivity contribution is 7.07. The number of aromatic nitrogens is 4. The number of nitrogens with zero attached hydrogens (tertiary/aromatic N) is 5. The maximum absolute atomic E-state index is 10.6. The van der Waals surface area contributed by atoms with E-state index in [1.165, 1.54) is 5.56 Å². The van der Waals surface area contributed by atoms with Gasteiger partial charge in [0.15, 0.2) is 5.82 Å². The van der Waals surface area contributed by atoms with Crippen LogP contribution < -0.4 is 5.32 Å². The van der Waals surface area contributed by atoms with Crippen LogP contribution in [0.4, 0.5) is 32.0 Å². The Morgan fingerprint density at radius 2 is 1.68 bits per heavy atom. The van der Waals surface area contributed by atoms with Crippen molar-refractivity contribution in [3.63, 3.8) is 0 Å². The average Bonchev–Trinajstić information content (AvgIpc) is 3.43. The van der Waals surface area contributed by atoms with E-state index in [0.29, 0.717) is 6.54 Å². The third-order valence-corrected chi connectivity index (χ3v) is 5.44. The first-order chi connectivity index (χ1) is 17.8. The van der Waals surface area contributed by atoms with Gasteiger partial charge in [-0.15, -0.1) is 10.2 Å². The van der Waals surface area contributed by atoms with Gasteiger partial charge in [0.25, 0.3) is 0 Å². The molecule has 0 spiro atoms. The van der Waals surface area contributed by atoms with Crippen LogP contribution in [-0.2, 0) is 35.8 Å². The molecule has 4 rings (SSSR count). The quantitative estimate of drug-likeness (QED) is 0.390. The second-order valence-corrected chi connectivity index (χ2v) is 8.36. The number of fused-ring (bicyclic) bond motifs is 1. The molecule has 1 aliphatic rings. The third kappa shape index (κ3) is 10.3. The van der Waals surface area contributed by atoms with Crippen molar-refractivity contribution in [2.24, 2.45) is 0 Å². The van der Waals surface area contributed by atoms with Crippen LogP contribution in [0.25, 0.3) is 0 Å². The molecule has 1 aliphatic heterocycles. The summed E-state index contributed by atoms with van der Waals surface area (Å²) in [5.74, 6) is -3.46. The molecular weight excluding hydrogens is 546 g/mol. The van der Waals surface area contributed by atoms with Crippen molar-refractivity contribution in [1.82, 2.24) is 24.6 Å². The average molecular weight is 569 g/mol. The van der Waals surface area contributed by atoms with Gasteiger partial charge < -0.3 is 20.1 Å². The van der Waals surface area contributed by atoms with E-state index < -0.39 is 24.3 Å². The van der Waals surface area contributed by atoms with Crippen molar-refractivity contribution in [2.45, 2.75) is 45.0 Å². The molecule has 0 saturated carbocycles. The van der Waals surface area contributed by atoms with Gasteiger partial charge in [0.05, 0.1) is 18.8 Å². The van der Waals surface area contributed by atoms with Crippen LogP contribution in [0.1, 0.15) is 23.6 Å². The lowest BCUT2D eigenvalue weighted by atomic mass is 10.3. The van der Waals surface area contributed by atoms with Crippen LogP contribution in [0.15, 0.2) is 41.4 Å². The van der Waals surface area contributed by atoms with Crippen LogP contribution >= 0.6 is 11.3 Å². The van der Waals surface area contributed by atoms with Crippen LogP contribution in [0.3, 0.4) is 0 Å². The van der Waals surface area contributed by atoms with E-state index in [2.05, 4.69) is 46.8 Å². The third-order valence-electron chi connectivity index (χ3n) is 4.71. The zero-order chi connectivity index (χ0) is 28.3. The van der Waals surface area contributed by atoms with Gasteiger partial charge in [0.2, 0.25) is 0 Å². The van der Waals surface area contributed by atoms with E-state index in [4.69, 9.17) is 19.8 Å². The number of pyridine rings is 1. The minimum atomic E-state index is -5.08. The molecule has 3 aromatic heterocycles. The first-order valence-corrected chi connectivity index (χ1v) is 11.6. The van der Waals surface area contributed by atoms with Crippen LogP contribution in [0, 0.1) is 0 Å². The Morgan fingerprint density at radius 1 is 1.03 bits per heavy atom. The summed E-state index contributed by atoms with van der Waals surface area (Å²) in [7, 11) is 0. The van der Waals surface area contributed by atoms with Gasteiger partial charge in [0, 0.05) is 32.0 Å². The number of thiophene rings is 1. The lowest BCUT2D eigenvalue weighted by Crippen LogP contribution is -2.22. The van der Waals surface area contributed by atoms with Crippen molar-refractivity contribution in [2.75, 3.05) is 11.9 Å². The zero-order valence-corrected chi connectivity index (χ0v) is 20.2. The van der Waals surface area contributed by atoms with Crippen LogP contribution in [0.5, 0.6) is 0 Å². The molecule has 0 bridgehead atoms. The molecule has 0 atom stereocenters. The van der Waals surface area contributed by atoms with Gasteiger partial charge in [-0.05, 0) is 40.9 Å².